The number of carboxylic acids is 1. The van der Waals surface area contributed by atoms with Gasteiger partial charge in [-0.3, -0.25) is 9.59 Å². The Labute approximate surface area is 142 Å². The molecule has 1 unspecified atom stereocenters. The van der Waals surface area contributed by atoms with Gasteiger partial charge in [0, 0.05) is 20.3 Å². The Balaban J connectivity index is 1.94. The molecule has 0 saturated heterocycles. The number of rotatable bonds is 10. The van der Waals surface area contributed by atoms with E-state index in [-0.39, 0.29) is 17.9 Å². The second kappa shape index (κ2) is 8.15. The van der Waals surface area contributed by atoms with Crippen LogP contribution in [0, 0.1) is 11.3 Å². The lowest BCUT2D eigenvalue weighted by Gasteiger charge is -2.18. The number of para-hydroxylation sites is 1. The summed E-state index contributed by atoms with van der Waals surface area (Å²) < 4.78 is 10.3. The summed E-state index contributed by atoms with van der Waals surface area (Å²) in [5.74, 6) is -1.02. The van der Waals surface area contributed by atoms with Crippen LogP contribution in [0.5, 0.6) is 5.75 Å². The lowest BCUT2D eigenvalue weighted by atomic mass is 9.97. The van der Waals surface area contributed by atoms with Crippen molar-refractivity contribution in [3.8, 4) is 5.75 Å². The van der Waals surface area contributed by atoms with Crippen molar-refractivity contribution in [1.82, 2.24) is 5.32 Å². The molecule has 0 aromatic heterocycles. The third-order valence-electron chi connectivity index (χ3n) is 4.64. The maximum atomic E-state index is 12.4. The molecule has 2 rings (SSSR count). The van der Waals surface area contributed by atoms with Gasteiger partial charge in [-0.15, -0.1) is 0 Å². The largest absolute Gasteiger partial charge is 0.496 e. The van der Waals surface area contributed by atoms with E-state index in [0.717, 1.165) is 18.4 Å². The van der Waals surface area contributed by atoms with Crippen LogP contribution in [0.2, 0.25) is 0 Å². The quantitative estimate of drug-likeness (QED) is 0.682. The van der Waals surface area contributed by atoms with E-state index < -0.39 is 11.9 Å². The number of benzene rings is 1. The van der Waals surface area contributed by atoms with E-state index in [1.165, 1.54) is 0 Å². The van der Waals surface area contributed by atoms with Crippen LogP contribution >= 0.6 is 0 Å². The molecule has 6 heteroatoms. The van der Waals surface area contributed by atoms with Gasteiger partial charge in [-0.2, -0.15) is 0 Å². The fourth-order valence-corrected chi connectivity index (χ4v) is 2.83. The first-order chi connectivity index (χ1) is 11.5. The van der Waals surface area contributed by atoms with Gasteiger partial charge in [0.2, 0.25) is 5.91 Å². The van der Waals surface area contributed by atoms with Crippen LogP contribution in [0.1, 0.15) is 24.8 Å². The van der Waals surface area contributed by atoms with Crippen molar-refractivity contribution in [2.75, 3.05) is 27.4 Å². The zero-order valence-corrected chi connectivity index (χ0v) is 14.2. The van der Waals surface area contributed by atoms with E-state index in [9.17, 15) is 14.7 Å². The van der Waals surface area contributed by atoms with Gasteiger partial charge in [0.15, 0.2) is 0 Å². The van der Waals surface area contributed by atoms with Crippen LogP contribution in [0.15, 0.2) is 24.3 Å². The fraction of sp³-hybridized carbons (Fsp3) is 0.556. The normalized spacial score (nSPS) is 16.2. The fourth-order valence-electron chi connectivity index (χ4n) is 2.83. The molecule has 1 aliphatic carbocycles. The van der Waals surface area contributed by atoms with Crippen molar-refractivity contribution < 1.29 is 24.2 Å². The Hall–Kier alpha value is -2.08. The molecule has 0 bridgehead atoms. The summed E-state index contributed by atoms with van der Waals surface area (Å²) in [4.78, 5) is 23.9. The molecular formula is C18H25NO5. The minimum Gasteiger partial charge on any atom is -0.496 e. The maximum Gasteiger partial charge on any atom is 0.308 e. The number of methoxy groups -OCH3 is 2. The first-order valence-electron chi connectivity index (χ1n) is 8.14. The second-order valence-corrected chi connectivity index (χ2v) is 6.28. The van der Waals surface area contributed by atoms with Crippen LogP contribution in [-0.4, -0.2) is 44.4 Å². The van der Waals surface area contributed by atoms with Crippen molar-refractivity contribution in [2.24, 2.45) is 11.3 Å². The maximum absolute atomic E-state index is 12.4. The highest BCUT2D eigenvalue weighted by Gasteiger charge is 2.49. The van der Waals surface area contributed by atoms with Gasteiger partial charge in [0.05, 0.1) is 18.4 Å². The SMILES string of the molecule is COCCC1(C(=O)NCC(Cc2ccccc2OC)C(=O)O)CC1. The predicted molar refractivity (Wildman–Crippen MR) is 89.0 cm³/mol. The standard InChI is InChI=1S/C18H25NO5/c1-23-10-9-18(7-8-18)17(22)19-12-14(16(20)21)11-13-5-3-4-6-15(13)24-2/h3-6,14H,7-12H2,1-2H3,(H,19,22)(H,20,21). The Morgan fingerprint density at radius 2 is 2.00 bits per heavy atom. The molecule has 0 aliphatic heterocycles. The van der Waals surface area contributed by atoms with E-state index in [1.54, 1.807) is 20.3 Å². The summed E-state index contributed by atoms with van der Waals surface area (Å²) in [5.41, 5.74) is 0.464. The number of carboxylic acid groups (broad SMARTS) is 1. The van der Waals surface area contributed by atoms with Gasteiger partial charge in [-0.05, 0) is 37.3 Å². The van der Waals surface area contributed by atoms with Gasteiger partial charge in [0.1, 0.15) is 5.75 Å². The number of aliphatic carboxylic acids is 1. The van der Waals surface area contributed by atoms with Gasteiger partial charge in [0.25, 0.3) is 0 Å². The number of hydrogen-bond donors (Lipinski definition) is 2. The molecule has 0 spiro atoms. The Bertz CT molecular complexity index is 583. The summed E-state index contributed by atoms with van der Waals surface area (Å²) in [5, 5.41) is 12.3. The molecule has 132 valence electrons. The number of hydrogen-bond acceptors (Lipinski definition) is 4. The van der Waals surface area contributed by atoms with Crippen LogP contribution < -0.4 is 10.1 Å². The number of carbonyl (C=O) groups excluding carboxylic acids is 1. The van der Waals surface area contributed by atoms with Crippen LogP contribution in [0.25, 0.3) is 0 Å². The van der Waals surface area contributed by atoms with Crippen LogP contribution in [0.3, 0.4) is 0 Å². The lowest BCUT2D eigenvalue weighted by Crippen LogP contribution is -2.38. The minimum atomic E-state index is -0.928. The molecule has 1 saturated carbocycles. The lowest BCUT2D eigenvalue weighted by molar-refractivity contribution is -0.141. The Kier molecular flexibility index (Phi) is 6.20. The van der Waals surface area contributed by atoms with Crippen molar-refractivity contribution in [1.29, 1.82) is 0 Å². The van der Waals surface area contributed by atoms with Crippen LogP contribution in [-0.2, 0) is 20.7 Å². The third kappa shape index (κ3) is 4.47. The minimum absolute atomic E-state index is 0.0640. The highest BCUT2D eigenvalue weighted by atomic mass is 16.5. The van der Waals surface area contributed by atoms with Crippen molar-refractivity contribution in [3.63, 3.8) is 0 Å². The summed E-state index contributed by atoms with van der Waals surface area (Å²) in [7, 11) is 3.17. The highest BCUT2D eigenvalue weighted by molar-refractivity contribution is 5.85. The molecule has 1 atom stereocenters. The molecule has 0 heterocycles. The molecule has 24 heavy (non-hydrogen) atoms. The molecule has 1 aromatic rings. The first-order valence-corrected chi connectivity index (χ1v) is 8.14. The van der Waals surface area contributed by atoms with Crippen molar-refractivity contribution in [3.05, 3.63) is 29.8 Å². The number of amides is 1. The third-order valence-corrected chi connectivity index (χ3v) is 4.64. The molecular weight excluding hydrogens is 310 g/mol. The van der Waals surface area contributed by atoms with Crippen molar-refractivity contribution >= 4 is 11.9 Å². The van der Waals surface area contributed by atoms with Gasteiger partial charge in [-0.1, -0.05) is 18.2 Å². The topological polar surface area (TPSA) is 84.9 Å². The Morgan fingerprint density at radius 1 is 1.29 bits per heavy atom. The van der Waals surface area contributed by atoms with Crippen molar-refractivity contribution in [2.45, 2.75) is 25.7 Å². The summed E-state index contributed by atoms with van der Waals surface area (Å²) in [6.45, 7) is 0.651. The second-order valence-electron chi connectivity index (χ2n) is 6.28. The summed E-state index contributed by atoms with van der Waals surface area (Å²) in [6, 6.07) is 7.33. The van der Waals surface area contributed by atoms with E-state index in [0.29, 0.717) is 25.2 Å². The van der Waals surface area contributed by atoms with E-state index in [4.69, 9.17) is 9.47 Å². The van der Waals surface area contributed by atoms with E-state index in [1.807, 2.05) is 18.2 Å². The monoisotopic (exact) mass is 335 g/mol. The van der Waals surface area contributed by atoms with Gasteiger partial charge >= 0.3 is 5.97 Å². The molecule has 6 nitrogen and oxygen atoms in total. The summed E-state index contributed by atoms with van der Waals surface area (Å²) in [6.07, 6.45) is 2.67. The van der Waals surface area contributed by atoms with Crippen LogP contribution in [0.4, 0.5) is 0 Å². The first kappa shape index (κ1) is 18.3. The zero-order valence-electron chi connectivity index (χ0n) is 14.2. The highest BCUT2D eigenvalue weighted by Crippen LogP contribution is 2.48. The summed E-state index contributed by atoms with van der Waals surface area (Å²) >= 11 is 0. The molecule has 1 aromatic carbocycles. The average Bonchev–Trinajstić information content (AvgIpc) is 3.37. The predicted octanol–water partition coefficient (Wildman–Crippen LogP) is 1.87. The Morgan fingerprint density at radius 3 is 2.58 bits per heavy atom. The molecule has 1 fully saturated rings. The average molecular weight is 335 g/mol. The van der Waals surface area contributed by atoms with Gasteiger partial charge < -0.3 is 19.9 Å². The zero-order chi connectivity index (χ0) is 17.6. The molecule has 2 N–H and O–H groups in total. The molecule has 1 amide bonds. The number of carbonyl (C=O) groups is 2. The molecule has 1 aliphatic rings. The van der Waals surface area contributed by atoms with E-state index in [2.05, 4.69) is 5.32 Å². The van der Waals surface area contributed by atoms with E-state index >= 15 is 0 Å². The van der Waals surface area contributed by atoms with Gasteiger partial charge in [-0.25, -0.2) is 0 Å². The number of nitrogens with one attached hydrogen (secondary N) is 1. The molecule has 0 radical (unpaired) electrons. The smallest absolute Gasteiger partial charge is 0.308 e. The number of ether oxygens (including phenoxy) is 2.